The maximum Gasteiger partial charge on any atom is 0.230 e. The summed E-state index contributed by atoms with van der Waals surface area (Å²) < 4.78 is 5.95. The van der Waals surface area contributed by atoms with E-state index in [2.05, 4.69) is 0 Å². The summed E-state index contributed by atoms with van der Waals surface area (Å²) in [5.74, 6) is 0.954. The molecule has 122 valence electrons. The first-order valence-electron chi connectivity index (χ1n) is 7.96. The van der Waals surface area contributed by atoms with Crippen LogP contribution < -0.4 is 4.74 Å². The molecule has 24 heavy (non-hydrogen) atoms. The van der Waals surface area contributed by atoms with Crippen molar-refractivity contribution in [2.24, 2.45) is 0 Å². The highest BCUT2D eigenvalue weighted by molar-refractivity contribution is 6.02. The SMILES string of the molecule is Cc1ccccc1/C=C(/CN1C(=O)CCC1=O)Oc1ccccc1. The fourth-order valence-electron chi connectivity index (χ4n) is 2.62. The molecule has 2 amide bonds. The maximum atomic E-state index is 11.9. The Labute approximate surface area is 141 Å². The van der Waals surface area contributed by atoms with Crippen molar-refractivity contribution in [1.82, 2.24) is 4.90 Å². The number of amides is 2. The number of para-hydroxylation sites is 1. The van der Waals surface area contributed by atoms with E-state index in [1.165, 1.54) is 4.90 Å². The van der Waals surface area contributed by atoms with Gasteiger partial charge in [0.2, 0.25) is 11.8 Å². The normalized spacial score (nSPS) is 15.0. The van der Waals surface area contributed by atoms with Gasteiger partial charge in [0, 0.05) is 12.8 Å². The number of benzene rings is 2. The summed E-state index contributed by atoms with van der Waals surface area (Å²) in [4.78, 5) is 25.1. The summed E-state index contributed by atoms with van der Waals surface area (Å²) in [6, 6.07) is 17.3. The van der Waals surface area contributed by atoms with Crippen molar-refractivity contribution >= 4 is 17.9 Å². The number of hydrogen-bond acceptors (Lipinski definition) is 3. The molecule has 4 heteroatoms. The zero-order valence-corrected chi connectivity index (χ0v) is 13.6. The number of carbonyl (C=O) groups excluding carboxylic acids is 2. The average molecular weight is 321 g/mol. The highest BCUT2D eigenvalue weighted by Gasteiger charge is 2.29. The quantitative estimate of drug-likeness (QED) is 0.625. The summed E-state index contributed by atoms with van der Waals surface area (Å²) in [5, 5.41) is 0. The lowest BCUT2D eigenvalue weighted by Gasteiger charge is -2.17. The third-order valence-electron chi connectivity index (χ3n) is 3.97. The Kier molecular flexibility index (Phi) is 4.75. The molecule has 2 aromatic rings. The van der Waals surface area contributed by atoms with Crippen LogP contribution in [-0.4, -0.2) is 23.3 Å². The molecule has 1 saturated heterocycles. The third-order valence-corrected chi connectivity index (χ3v) is 3.97. The van der Waals surface area contributed by atoms with Crippen molar-refractivity contribution in [3.63, 3.8) is 0 Å². The third kappa shape index (κ3) is 3.71. The fourth-order valence-corrected chi connectivity index (χ4v) is 2.62. The van der Waals surface area contributed by atoms with Crippen molar-refractivity contribution in [3.8, 4) is 5.75 Å². The van der Waals surface area contributed by atoms with Crippen LogP contribution in [-0.2, 0) is 9.59 Å². The molecule has 0 unspecified atom stereocenters. The summed E-state index contributed by atoms with van der Waals surface area (Å²) in [5.41, 5.74) is 2.10. The van der Waals surface area contributed by atoms with Crippen LogP contribution in [0.5, 0.6) is 5.75 Å². The van der Waals surface area contributed by atoms with Crippen LogP contribution in [0, 0.1) is 6.92 Å². The van der Waals surface area contributed by atoms with Crippen molar-refractivity contribution in [1.29, 1.82) is 0 Å². The summed E-state index contributed by atoms with van der Waals surface area (Å²) in [6.07, 6.45) is 2.45. The molecule has 1 heterocycles. The van der Waals surface area contributed by atoms with E-state index < -0.39 is 0 Å². The second kappa shape index (κ2) is 7.13. The molecule has 1 aliphatic heterocycles. The smallest absolute Gasteiger partial charge is 0.230 e. The zero-order chi connectivity index (χ0) is 16.9. The zero-order valence-electron chi connectivity index (χ0n) is 13.6. The Bertz CT molecular complexity index is 764. The van der Waals surface area contributed by atoms with E-state index in [9.17, 15) is 9.59 Å². The number of aryl methyl sites for hydroxylation is 1. The molecule has 3 rings (SSSR count). The molecule has 0 radical (unpaired) electrons. The molecule has 0 spiro atoms. The predicted octanol–water partition coefficient (Wildman–Crippen LogP) is 3.56. The van der Waals surface area contributed by atoms with Gasteiger partial charge in [-0.05, 0) is 36.3 Å². The Morgan fingerprint density at radius 2 is 1.62 bits per heavy atom. The van der Waals surface area contributed by atoms with Gasteiger partial charge in [0.05, 0.1) is 6.54 Å². The molecule has 1 fully saturated rings. The van der Waals surface area contributed by atoms with Gasteiger partial charge < -0.3 is 4.74 Å². The molecule has 0 bridgehead atoms. The lowest BCUT2D eigenvalue weighted by molar-refractivity contribution is -0.138. The molecule has 4 nitrogen and oxygen atoms in total. The first-order chi connectivity index (χ1) is 11.6. The molecule has 2 aromatic carbocycles. The molecular formula is C20H19NO3. The minimum Gasteiger partial charge on any atom is -0.460 e. The number of hydrogen-bond donors (Lipinski definition) is 0. The van der Waals surface area contributed by atoms with Gasteiger partial charge in [-0.3, -0.25) is 14.5 Å². The Hall–Kier alpha value is -2.88. The number of carbonyl (C=O) groups is 2. The number of rotatable bonds is 5. The summed E-state index contributed by atoms with van der Waals surface area (Å²) in [6.45, 7) is 2.17. The van der Waals surface area contributed by atoms with E-state index in [0.29, 0.717) is 11.5 Å². The number of imide groups is 1. The van der Waals surface area contributed by atoms with E-state index in [-0.39, 0.29) is 31.2 Å². The Morgan fingerprint density at radius 3 is 2.29 bits per heavy atom. The van der Waals surface area contributed by atoms with Gasteiger partial charge in [0.15, 0.2) is 0 Å². The largest absolute Gasteiger partial charge is 0.460 e. The van der Waals surface area contributed by atoms with Crippen molar-refractivity contribution < 1.29 is 14.3 Å². The number of ether oxygens (including phenoxy) is 1. The monoisotopic (exact) mass is 321 g/mol. The first-order valence-corrected chi connectivity index (χ1v) is 7.96. The second-order valence-electron chi connectivity index (χ2n) is 5.76. The van der Waals surface area contributed by atoms with Crippen LogP contribution in [0.1, 0.15) is 24.0 Å². The van der Waals surface area contributed by atoms with E-state index in [1.807, 2.05) is 67.6 Å². The topological polar surface area (TPSA) is 46.6 Å². The predicted molar refractivity (Wildman–Crippen MR) is 92.2 cm³/mol. The number of likely N-dealkylation sites (tertiary alicyclic amines) is 1. The molecule has 0 atom stereocenters. The van der Waals surface area contributed by atoms with Gasteiger partial charge in [0.25, 0.3) is 0 Å². The average Bonchev–Trinajstić information content (AvgIpc) is 2.90. The maximum absolute atomic E-state index is 11.9. The summed E-state index contributed by atoms with van der Waals surface area (Å²) >= 11 is 0. The minimum atomic E-state index is -0.146. The molecule has 0 aliphatic carbocycles. The molecule has 1 aliphatic rings. The van der Waals surface area contributed by atoms with Crippen LogP contribution in [0.25, 0.3) is 6.08 Å². The highest BCUT2D eigenvalue weighted by atomic mass is 16.5. The standard InChI is InChI=1S/C20H19NO3/c1-15-7-5-6-8-16(15)13-18(24-17-9-3-2-4-10-17)14-21-19(22)11-12-20(21)23/h2-10,13H,11-12,14H2,1H3/b18-13-. The van der Waals surface area contributed by atoms with Crippen LogP contribution in [0.15, 0.2) is 60.4 Å². The van der Waals surface area contributed by atoms with Crippen LogP contribution in [0.2, 0.25) is 0 Å². The molecule has 0 N–H and O–H groups in total. The highest BCUT2D eigenvalue weighted by Crippen LogP contribution is 2.20. The molecule has 0 saturated carbocycles. The van der Waals surface area contributed by atoms with E-state index in [1.54, 1.807) is 0 Å². The van der Waals surface area contributed by atoms with Gasteiger partial charge in [-0.15, -0.1) is 0 Å². The van der Waals surface area contributed by atoms with Crippen molar-refractivity contribution in [2.75, 3.05) is 6.54 Å². The van der Waals surface area contributed by atoms with Gasteiger partial charge >= 0.3 is 0 Å². The van der Waals surface area contributed by atoms with Gasteiger partial charge in [-0.25, -0.2) is 0 Å². The molecular weight excluding hydrogens is 302 g/mol. The molecule has 0 aromatic heterocycles. The second-order valence-corrected chi connectivity index (χ2v) is 5.76. The Balaban J connectivity index is 1.90. The van der Waals surface area contributed by atoms with E-state index >= 15 is 0 Å². The van der Waals surface area contributed by atoms with E-state index in [4.69, 9.17) is 4.74 Å². The van der Waals surface area contributed by atoms with Crippen molar-refractivity contribution in [2.45, 2.75) is 19.8 Å². The fraction of sp³-hybridized carbons (Fsp3) is 0.200. The first kappa shape index (κ1) is 16.0. The van der Waals surface area contributed by atoms with Gasteiger partial charge in [-0.1, -0.05) is 42.5 Å². The van der Waals surface area contributed by atoms with Gasteiger partial charge in [0.1, 0.15) is 11.5 Å². The van der Waals surface area contributed by atoms with Crippen LogP contribution >= 0.6 is 0 Å². The minimum absolute atomic E-state index is 0.146. The number of nitrogens with zero attached hydrogens (tertiary/aromatic N) is 1. The lowest BCUT2D eigenvalue weighted by atomic mass is 10.1. The van der Waals surface area contributed by atoms with Crippen LogP contribution in [0.3, 0.4) is 0 Å². The van der Waals surface area contributed by atoms with Gasteiger partial charge in [-0.2, -0.15) is 0 Å². The Morgan fingerprint density at radius 1 is 1.00 bits per heavy atom. The van der Waals surface area contributed by atoms with Crippen molar-refractivity contribution in [3.05, 3.63) is 71.5 Å². The lowest BCUT2D eigenvalue weighted by Crippen LogP contribution is -2.32. The van der Waals surface area contributed by atoms with E-state index in [0.717, 1.165) is 11.1 Å². The summed E-state index contributed by atoms with van der Waals surface area (Å²) in [7, 11) is 0. The van der Waals surface area contributed by atoms with Crippen LogP contribution in [0.4, 0.5) is 0 Å².